The first kappa shape index (κ1) is 15.4. The van der Waals surface area contributed by atoms with E-state index in [9.17, 15) is 14.3 Å². The Morgan fingerprint density at radius 1 is 1.32 bits per heavy atom. The minimum atomic E-state index is -0.393. The summed E-state index contributed by atoms with van der Waals surface area (Å²) < 4.78 is 13.2. The number of likely N-dealkylation sites (tertiary alicyclic amines) is 1. The van der Waals surface area contributed by atoms with Crippen LogP contribution in [-0.4, -0.2) is 41.7 Å². The largest absolute Gasteiger partial charge is 0.396 e. The standard InChI is InChI=1S/C17H23FN2O2/c18-14-5-3-13(4-6-14)16(17(22)19-15-7-8-15)20-9-1-2-12(10-20)11-21/h3-6,12,15-16,21H,1-2,7-11H2,(H,19,22). The molecule has 4 nitrogen and oxygen atoms in total. The van der Waals surface area contributed by atoms with E-state index >= 15 is 0 Å². The fourth-order valence-corrected chi connectivity index (χ4v) is 3.16. The molecule has 0 spiro atoms. The van der Waals surface area contributed by atoms with E-state index in [0.29, 0.717) is 12.6 Å². The normalized spacial score (nSPS) is 24.0. The SMILES string of the molecule is O=C(NC1CC1)C(c1ccc(F)cc1)N1CCCC(CO)C1. The maximum Gasteiger partial charge on any atom is 0.242 e. The Kier molecular flexibility index (Phi) is 4.74. The Balaban J connectivity index is 1.81. The van der Waals surface area contributed by atoms with Gasteiger partial charge in [-0.25, -0.2) is 4.39 Å². The van der Waals surface area contributed by atoms with Crippen LogP contribution in [0.15, 0.2) is 24.3 Å². The zero-order chi connectivity index (χ0) is 15.5. The number of hydrogen-bond acceptors (Lipinski definition) is 3. The van der Waals surface area contributed by atoms with Crippen molar-refractivity contribution in [2.45, 2.75) is 37.8 Å². The molecule has 0 radical (unpaired) electrons. The number of halogens is 1. The maximum absolute atomic E-state index is 13.2. The van der Waals surface area contributed by atoms with Crippen LogP contribution in [0, 0.1) is 11.7 Å². The third-order valence-corrected chi connectivity index (χ3v) is 4.53. The summed E-state index contributed by atoms with van der Waals surface area (Å²) in [6.45, 7) is 1.68. The number of aliphatic hydroxyl groups excluding tert-OH is 1. The summed E-state index contributed by atoms with van der Waals surface area (Å²) in [4.78, 5) is 14.8. The van der Waals surface area contributed by atoms with Crippen molar-refractivity contribution < 1.29 is 14.3 Å². The second kappa shape index (κ2) is 6.75. The van der Waals surface area contributed by atoms with Crippen molar-refractivity contribution in [1.29, 1.82) is 0 Å². The Morgan fingerprint density at radius 3 is 2.68 bits per heavy atom. The highest BCUT2D eigenvalue weighted by Gasteiger charge is 2.34. The van der Waals surface area contributed by atoms with Crippen LogP contribution in [0.3, 0.4) is 0 Å². The highest BCUT2D eigenvalue weighted by atomic mass is 19.1. The van der Waals surface area contributed by atoms with Gasteiger partial charge < -0.3 is 10.4 Å². The van der Waals surface area contributed by atoms with Crippen LogP contribution in [-0.2, 0) is 4.79 Å². The molecule has 2 aliphatic rings. The maximum atomic E-state index is 13.2. The average Bonchev–Trinajstić information content (AvgIpc) is 3.34. The first-order chi connectivity index (χ1) is 10.7. The average molecular weight is 306 g/mol. The van der Waals surface area contributed by atoms with E-state index in [-0.39, 0.29) is 24.2 Å². The first-order valence-corrected chi connectivity index (χ1v) is 8.08. The van der Waals surface area contributed by atoms with Crippen LogP contribution in [0.2, 0.25) is 0 Å². The molecule has 22 heavy (non-hydrogen) atoms. The van der Waals surface area contributed by atoms with Gasteiger partial charge >= 0.3 is 0 Å². The van der Waals surface area contributed by atoms with Gasteiger partial charge in [-0.1, -0.05) is 12.1 Å². The molecule has 1 heterocycles. The highest BCUT2D eigenvalue weighted by molar-refractivity contribution is 5.83. The van der Waals surface area contributed by atoms with E-state index < -0.39 is 6.04 Å². The van der Waals surface area contributed by atoms with Crippen molar-refractivity contribution in [2.75, 3.05) is 19.7 Å². The van der Waals surface area contributed by atoms with Crippen LogP contribution in [0.5, 0.6) is 0 Å². The predicted molar refractivity (Wildman–Crippen MR) is 81.7 cm³/mol. The van der Waals surface area contributed by atoms with Crippen molar-refractivity contribution in [3.8, 4) is 0 Å². The van der Waals surface area contributed by atoms with Gasteiger partial charge in [0.05, 0.1) is 0 Å². The van der Waals surface area contributed by atoms with Gasteiger partial charge in [-0.2, -0.15) is 0 Å². The summed E-state index contributed by atoms with van der Waals surface area (Å²) >= 11 is 0. The molecule has 120 valence electrons. The Hall–Kier alpha value is -1.46. The monoisotopic (exact) mass is 306 g/mol. The first-order valence-electron chi connectivity index (χ1n) is 8.08. The van der Waals surface area contributed by atoms with Gasteiger partial charge in [-0.3, -0.25) is 9.69 Å². The van der Waals surface area contributed by atoms with E-state index in [4.69, 9.17) is 0 Å². The van der Waals surface area contributed by atoms with Crippen molar-refractivity contribution in [1.82, 2.24) is 10.2 Å². The molecule has 1 aliphatic heterocycles. The minimum Gasteiger partial charge on any atom is -0.396 e. The molecular formula is C17H23FN2O2. The quantitative estimate of drug-likeness (QED) is 0.873. The second-order valence-corrected chi connectivity index (χ2v) is 6.42. The summed E-state index contributed by atoms with van der Waals surface area (Å²) in [5.74, 6) is -0.0879. The third-order valence-electron chi connectivity index (χ3n) is 4.53. The van der Waals surface area contributed by atoms with E-state index in [1.54, 1.807) is 12.1 Å². The topological polar surface area (TPSA) is 52.6 Å². The number of hydrogen-bond donors (Lipinski definition) is 2. The molecule has 1 aromatic rings. The number of nitrogens with zero attached hydrogens (tertiary/aromatic N) is 1. The van der Waals surface area contributed by atoms with Gasteiger partial charge in [0.1, 0.15) is 11.9 Å². The van der Waals surface area contributed by atoms with Gasteiger partial charge in [0.15, 0.2) is 0 Å². The molecule has 0 aromatic heterocycles. The molecule has 5 heteroatoms. The fraction of sp³-hybridized carbons (Fsp3) is 0.588. The molecular weight excluding hydrogens is 283 g/mol. The Morgan fingerprint density at radius 2 is 2.05 bits per heavy atom. The number of carbonyl (C=O) groups excluding carboxylic acids is 1. The molecule has 1 aromatic carbocycles. The van der Waals surface area contributed by atoms with E-state index in [1.165, 1.54) is 12.1 Å². The number of amides is 1. The zero-order valence-corrected chi connectivity index (χ0v) is 12.7. The molecule has 1 saturated heterocycles. The summed E-state index contributed by atoms with van der Waals surface area (Å²) in [7, 11) is 0. The Labute approximate surface area is 130 Å². The number of piperidine rings is 1. The molecule has 0 bridgehead atoms. The number of benzene rings is 1. The van der Waals surface area contributed by atoms with Crippen LogP contribution < -0.4 is 5.32 Å². The molecule has 1 amide bonds. The third kappa shape index (κ3) is 3.65. The van der Waals surface area contributed by atoms with Crippen molar-refractivity contribution >= 4 is 5.91 Å². The van der Waals surface area contributed by atoms with Crippen LogP contribution >= 0.6 is 0 Å². The number of carbonyl (C=O) groups is 1. The zero-order valence-electron chi connectivity index (χ0n) is 12.7. The molecule has 2 unspecified atom stereocenters. The number of aliphatic hydroxyl groups is 1. The predicted octanol–water partition coefficient (Wildman–Crippen LogP) is 1.85. The molecule has 2 atom stereocenters. The Bertz CT molecular complexity index is 516. The lowest BCUT2D eigenvalue weighted by atomic mass is 9.95. The van der Waals surface area contributed by atoms with Gasteiger partial charge in [0.2, 0.25) is 5.91 Å². The summed E-state index contributed by atoms with van der Waals surface area (Å²) in [5.41, 5.74) is 0.818. The molecule has 1 saturated carbocycles. The summed E-state index contributed by atoms with van der Waals surface area (Å²) in [6, 6.07) is 6.09. The molecule has 2 N–H and O–H groups in total. The minimum absolute atomic E-state index is 0.00676. The van der Waals surface area contributed by atoms with Gasteiger partial charge in [0, 0.05) is 19.2 Å². The van der Waals surface area contributed by atoms with E-state index in [1.807, 2.05) is 0 Å². The second-order valence-electron chi connectivity index (χ2n) is 6.42. The van der Waals surface area contributed by atoms with Gasteiger partial charge in [-0.15, -0.1) is 0 Å². The smallest absolute Gasteiger partial charge is 0.242 e. The lowest BCUT2D eigenvalue weighted by Crippen LogP contribution is -2.46. The highest BCUT2D eigenvalue weighted by Crippen LogP contribution is 2.29. The van der Waals surface area contributed by atoms with Crippen LogP contribution in [0.25, 0.3) is 0 Å². The van der Waals surface area contributed by atoms with Crippen LogP contribution in [0.1, 0.15) is 37.3 Å². The molecule has 1 aliphatic carbocycles. The van der Waals surface area contributed by atoms with Gasteiger partial charge in [0.25, 0.3) is 0 Å². The number of nitrogens with one attached hydrogen (secondary N) is 1. The molecule has 3 rings (SSSR count). The fourth-order valence-electron chi connectivity index (χ4n) is 3.16. The van der Waals surface area contributed by atoms with Crippen molar-refractivity contribution in [2.24, 2.45) is 5.92 Å². The van der Waals surface area contributed by atoms with Crippen LogP contribution in [0.4, 0.5) is 4.39 Å². The lowest BCUT2D eigenvalue weighted by molar-refractivity contribution is -0.127. The summed E-state index contributed by atoms with van der Waals surface area (Å²) in [5, 5.41) is 12.5. The van der Waals surface area contributed by atoms with Crippen molar-refractivity contribution in [3.05, 3.63) is 35.6 Å². The van der Waals surface area contributed by atoms with E-state index in [2.05, 4.69) is 10.2 Å². The lowest BCUT2D eigenvalue weighted by Gasteiger charge is -2.37. The number of rotatable bonds is 5. The van der Waals surface area contributed by atoms with Gasteiger partial charge in [-0.05, 0) is 55.8 Å². The summed E-state index contributed by atoms with van der Waals surface area (Å²) in [6.07, 6.45) is 4.05. The van der Waals surface area contributed by atoms with Crippen molar-refractivity contribution in [3.63, 3.8) is 0 Å². The molecule has 2 fully saturated rings. The van der Waals surface area contributed by atoms with E-state index in [0.717, 1.165) is 37.8 Å².